The Bertz CT molecular complexity index is 306. The van der Waals surface area contributed by atoms with Crippen molar-refractivity contribution in [1.82, 2.24) is 0 Å². The van der Waals surface area contributed by atoms with E-state index in [-0.39, 0.29) is 10.6 Å². The molecule has 0 amide bonds. The summed E-state index contributed by atoms with van der Waals surface area (Å²) in [5.74, 6) is -1.05. The van der Waals surface area contributed by atoms with Crippen LogP contribution >= 0.6 is 27.7 Å². The van der Waals surface area contributed by atoms with Gasteiger partial charge < -0.3 is 5.73 Å². The average molecular weight is 268 g/mol. The lowest BCUT2D eigenvalue weighted by Gasteiger charge is -2.05. The summed E-state index contributed by atoms with van der Waals surface area (Å²) < 4.78 is 25.8. The fraction of sp³-hybridized carbons (Fsp3) is 0.250. The van der Waals surface area contributed by atoms with Crippen LogP contribution in [0.5, 0.6) is 0 Å². The second-order valence-electron chi connectivity index (χ2n) is 2.32. The van der Waals surface area contributed by atoms with Crippen LogP contribution in [0.25, 0.3) is 0 Å². The van der Waals surface area contributed by atoms with Gasteiger partial charge >= 0.3 is 0 Å². The van der Waals surface area contributed by atoms with Crippen molar-refractivity contribution in [3.63, 3.8) is 0 Å². The maximum atomic E-state index is 13.1. The fourth-order valence-electron chi connectivity index (χ4n) is 0.834. The van der Waals surface area contributed by atoms with Gasteiger partial charge in [-0.15, -0.1) is 11.8 Å². The molecule has 1 aromatic rings. The molecule has 0 bridgehead atoms. The van der Waals surface area contributed by atoms with E-state index >= 15 is 0 Å². The lowest BCUT2D eigenvalue weighted by molar-refractivity contribution is 0.492. The summed E-state index contributed by atoms with van der Waals surface area (Å²) in [5, 5.41) is 0.715. The van der Waals surface area contributed by atoms with Gasteiger partial charge in [-0.25, -0.2) is 8.78 Å². The van der Waals surface area contributed by atoms with Gasteiger partial charge in [-0.1, -0.05) is 15.9 Å². The summed E-state index contributed by atoms with van der Waals surface area (Å²) in [5.41, 5.74) is 5.77. The number of rotatable bonds is 3. The SMILES string of the molecule is Nc1ccc(F)c(F)c1SCCBr. The van der Waals surface area contributed by atoms with Crippen LogP contribution in [-0.4, -0.2) is 11.1 Å². The normalized spacial score (nSPS) is 10.4. The summed E-state index contributed by atoms with van der Waals surface area (Å²) >= 11 is 4.40. The van der Waals surface area contributed by atoms with Gasteiger partial charge in [0, 0.05) is 16.8 Å². The Balaban J connectivity index is 2.96. The molecule has 0 aromatic heterocycles. The number of anilines is 1. The molecule has 0 aliphatic rings. The number of nitrogen functional groups attached to an aromatic ring is 1. The molecule has 0 aliphatic heterocycles. The number of alkyl halides is 1. The standard InChI is InChI=1S/C8H8BrF2NS/c9-3-4-13-8-6(12)2-1-5(10)7(8)11/h1-2H,3-4,12H2. The average Bonchev–Trinajstić information content (AvgIpc) is 2.12. The Hall–Kier alpha value is -0.290. The Morgan fingerprint density at radius 3 is 2.69 bits per heavy atom. The molecule has 0 saturated carbocycles. The number of hydrogen-bond acceptors (Lipinski definition) is 2. The van der Waals surface area contributed by atoms with E-state index in [2.05, 4.69) is 15.9 Å². The molecule has 13 heavy (non-hydrogen) atoms. The minimum absolute atomic E-state index is 0.194. The molecule has 0 aliphatic carbocycles. The molecule has 2 N–H and O–H groups in total. The molecule has 0 unspecified atom stereocenters. The van der Waals surface area contributed by atoms with Gasteiger partial charge in [0.25, 0.3) is 0 Å². The molecule has 0 fully saturated rings. The van der Waals surface area contributed by atoms with Crippen molar-refractivity contribution >= 4 is 33.4 Å². The quantitative estimate of drug-likeness (QED) is 0.518. The van der Waals surface area contributed by atoms with Gasteiger partial charge in [-0.05, 0) is 12.1 Å². The van der Waals surface area contributed by atoms with Crippen LogP contribution in [0, 0.1) is 11.6 Å². The summed E-state index contributed by atoms with van der Waals surface area (Å²) in [7, 11) is 0. The van der Waals surface area contributed by atoms with E-state index in [0.717, 1.165) is 6.07 Å². The summed E-state index contributed by atoms with van der Waals surface area (Å²) in [4.78, 5) is 0.194. The molecular formula is C8H8BrF2NS. The smallest absolute Gasteiger partial charge is 0.174 e. The summed E-state index contributed by atoms with van der Waals surface area (Å²) in [6, 6.07) is 2.40. The van der Waals surface area contributed by atoms with Crippen LogP contribution in [0.2, 0.25) is 0 Å². The van der Waals surface area contributed by atoms with Gasteiger partial charge in [0.15, 0.2) is 11.6 Å². The van der Waals surface area contributed by atoms with Crippen molar-refractivity contribution < 1.29 is 8.78 Å². The zero-order chi connectivity index (χ0) is 9.84. The molecule has 72 valence electrons. The third kappa shape index (κ3) is 2.57. The molecule has 0 atom stereocenters. The highest BCUT2D eigenvalue weighted by atomic mass is 79.9. The number of halogens is 3. The second-order valence-corrected chi connectivity index (χ2v) is 4.22. The zero-order valence-electron chi connectivity index (χ0n) is 6.69. The van der Waals surface area contributed by atoms with Gasteiger partial charge in [-0.3, -0.25) is 0 Å². The van der Waals surface area contributed by atoms with Crippen LogP contribution in [0.15, 0.2) is 17.0 Å². The van der Waals surface area contributed by atoms with Crippen LogP contribution in [0.4, 0.5) is 14.5 Å². The van der Waals surface area contributed by atoms with E-state index in [1.54, 1.807) is 0 Å². The molecular weight excluding hydrogens is 260 g/mol. The first-order chi connectivity index (χ1) is 6.16. The van der Waals surface area contributed by atoms with Crippen molar-refractivity contribution in [2.45, 2.75) is 4.90 Å². The molecule has 1 nitrogen and oxygen atoms in total. The number of hydrogen-bond donors (Lipinski definition) is 1. The minimum atomic E-state index is -0.856. The third-order valence-corrected chi connectivity index (χ3v) is 3.44. The van der Waals surface area contributed by atoms with Crippen LogP contribution in [0.1, 0.15) is 0 Å². The predicted octanol–water partition coefficient (Wildman–Crippen LogP) is 3.03. The van der Waals surface area contributed by atoms with E-state index in [0.29, 0.717) is 11.1 Å². The van der Waals surface area contributed by atoms with E-state index in [1.807, 2.05) is 0 Å². The minimum Gasteiger partial charge on any atom is -0.398 e. The van der Waals surface area contributed by atoms with Crippen LogP contribution in [0.3, 0.4) is 0 Å². The van der Waals surface area contributed by atoms with Crippen molar-refractivity contribution in [3.05, 3.63) is 23.8 Å². The summed E-state index contributed by atoms with van der Waals surface area (Å²) in [6.07, 6.45) is 0. The van der Waals surface area contributed by atoms with E-state index in [9.17, 15) is 8.78 Å². The topological polar surface area (TPSA) is 26.0 Å². The van der Waals surface area contributed by atoms with Gasteiger partial charge in [0.2, 0.25) is 0 Å². The van der Waals surface area contributed by atoms with Gasteiger partial charge in [-0.2, -0.15) is 0 Å². The maximum Gasteiger partial charge on any atom is 0.174 e. The molecule has 1 aromatic carbocycles. The number of benzene rings is 1. The second kappa shape index (κ2) is 4.81. The third-order valence-electron chi connectivity index (χ3n) is 1.40. The first-order valence-electron chi connectivity index (χ1n) is 3.59. The van der Waals surface area contributed by atoms with Crippen molar-refractivity contribution in [3.8, 4) is 0 Å². The molecule has 5 heteroatoms. The van der Waals surface area contributed by atoms with E-state index in [4.69, 9.17) is 5.73 Å². The Morgan fingerprint density at radius 2 is 2.08 bits per heavy atom. The highest BCUT2D eigenvalue weighted by Crippen LogP contribution is 2.29. The Kier molecular flexibility index (Phi) is 3.99. The largest absolute Gasteiger partial charge is 0.398 e. The van der Waals surface area contributed by atoms with Crippen LogP contribution in [-0.2, 0) is 0 Å². The van der Waals surface area contributed by atoms with Gasteiger partial charge in [0.1, 0.15) is 0 Å². The van der Waals surface area contributed by atoms with E-state index < -0.39 is 11.6 Å². The first kappa shape index (κ1) is 10.8. The molecule has 0 saturated heterocycles. The molecule has 1 rings (SSSR count). The Labute approximate surface area is 87.8 Å². The zero-order valence-corrected chi connectivity index (χ0v) is 9.09. The highest BCUT2D eigenvalue weighted by molar-refractivity contribution is 9.09. The predicted molar refractivity (Wildman–Crippen MR) is 55.3 cm³/mol. The lowest BCUT2D eigenvalue weighted by Crippen LogP contribution is -1.96. The van der Waals surface area contributed by atoms with Crippen molar-refractivity contribution in [2.75, 3.05) is 16.8 Å². The van der Waals surface area contributed by atoms with Crippen molar-refractivity contribution in [1.29, 1.82) is 0 Å². The fourth-order valence-corrected chi connectivity index (χ4v) is 2.06. The number of nitrogens with two attached hydrogens (primary N) is 1. The van der Waals surface area contributed by atoms with Crippen molar-refractivity contribution in [2.24, 2.45) is 0 Å². The summed E-state index contributed by atoms with van der Waals surface area (Å²) in [6.45, 7) is 0. The van der Waals surface area contributed by atoms with E-state index in [1.165, 1.54) is 17.8 Å². The number of thioether (sulfide) groups is 1. The van der Waals surface area contributed by atoms with Gasteiger partial charge in [0.05, 0.1) is 4.90 Å². The van der Waals surface area contributed by atoms with Crippen LogP contribution < -0.4 is 5.73 Å². The maximum absolute atomic E-state index is 13.1. The molecule has 0 heterocycles. The lowest BCUT2D eigenvalue weighted by atomic mass is 10.3. The first-order valence-corrected chi connectivity index (χ1v) is 5.69. The molecule has 0 radical (unpaired) electrons. The monoisotopic (exact) mass is 267 g/mol. The Morgan fingerprint density at radius 1 is 1.38 bits per heavy atom. The highest BCUT2D eigenvalue weighted by Gasteiger charge is 2.11. The molecule has 0 spiro atoms.